The van der Waals surface area contributed by atoms with Crippen LogP contribution in [0.4, 0.5) is 0 Å². The molecule has 0 saturated heterocycles. The standard InChI is InChI=1S/C24H27NO5/c1-5-15(2)30-18-8-6-7-16(9-18)10-21-20-13-23(29-4)22(28-3)12-19(20)17(14-25-21)11-24(26)27/h6-9,12-15H,5,10-11H2,1-4H3,(H,26,27). The second-order valence-electron chi connectivity index (χ2n) is 7.21. The number of carboxylic acid groups (broad SMARTS) is 1. The van der Waals surface area contributed by atoms with Gasteiger partial charge in [-0.2, -0.15) is 0 Å². The normalized spacial score (nSPS) is 11.9. The van der Waals surface area contributed by atoms with Crippen LogP contribution in [0, 0.1) is 0 Å². The Balaban J connectivity index is 2.06. The molecule has 158 valence electrons. The first-order valence-corrected chi connectivity index (χ1v) is 9.95. The Kier molecular flexibility index (Phi) is 6.77. The molecule has 1 atom stereocenters. The number of rotatable bonds is 9. The quantitative estimate of drug-likeness (QED) is 0.554. The van der Waals surface area contributed by atoms with Crippen molar-refractivity contribution in [2.45, 2.75) is 39.2 Å². The van der Waals surface area contributed by atoms with Crippen LogP contribution in [0.15, 0.2) is 42.6 Å². The third-order valence-corrected chi connectivity index (χ3v) is 5.08. The Labute approximate surface area is 176 Å². The van der Waals surface area contributed by atoms with Gasteiger partial charge in [0.05, 0.1) is 32.4 Å². The molecule has 3 rings (SSSR count). The summed E-state index contributed by atoms with van der Waals surface area (Å²) in [6.07, 6.45) is 3.18. The zero-order valence-corrected chi connectivity index (χ0v) is 17.8. The predicted octanol–water partition coefficient (Wildman–Crippen LogP) is 4.65. The van der Waals surface area contributed by atoms with Crippen LogP contribution < -0.4 is 14.2 Å². The molecular weight excluding hydrogens is 382 g/mol. The molecule has 0 spiro atoms. The third-order valence-electron chi connectivity index (χ3n) is 5.08. The van der Waals surface area contributed by atoms with E-state index in [9.17, 15) is 9.90 Å². The van der Waals surface area contributed by atoms with Crippen molar-refractivity contribution in [3.05, 3.63) is 59.4 Å². The van der Waals surface area contributed by atoms with E-state index in [4.69, 9.17) is 14.2 Å². The Morgan fingerprint density at radius 2 is 1.80 bits per heavy atom. The van der Waals surface area contributed by atoms with Gasteiger partial charge >= 0.3 is 5.97 Å². The van der Waals surface area contributed by atoms with Gasteiger partial charge in [0.25, 0.3) is 0 Å². The summed E-state index contributed by atoms with van der Waals surface area (Å²) in [5.74, 6) is 1.05. The van der Waals surface area contributed by atoms with E-state index in [-0.39, 0.29) is 12.5 Å². The molecule has 3 aromatic rings. The number of pyridine rings is 1. The summed E-state index contributed by atoms with van der Waals surface area (Å²) in [5.41, 5.74) is 2.53. The van der Waals surface area contributed by atoms with Gasteiger partial charge in [-0.1, -0.05) is 19.1 Å². The summed E-state index contributed by atoms with van der Waals surface area (Å²) in [6, 6.07) is 11.7. The maximum Gasteiger partial charge on any atom is 0.307 e. The summed E-state index contributed by atoms with van der Waals surface area (Å²) >= 11 is 0. The van der Waals surface area contributed by atoms with E-state index in [2.05, 4.69) is 11.9 Å². The van der Waals surface area contributed by atoms with E-state index in [1.807, 2.05) is 43.3 Å². The first kappa shape index (κ1) is 21.4. The van der Waals surface area contributed by atoms with Gasteiger partial charge in [0.1, 0.15) is 5.75 Å². The minimum Gasteiger partial charge on any atom is -0.493 e. The lowest BCUT2D eigenvalue weighted by molar-refractivity contribution is -0.136. The van der Waals surface area contributed by atoms with Crippen molar-refractivity contribution in [1.29, 1.82) is 0 Å². The van der Waals surface area contributed by atoms with Crippen LogP contribution in [0.1, 0.15) is 37.1 Å². The average molecular weight is 409 g/mol. The van der Waals surface area contributed by atoms with Crippen LogP contribution in [0.3, 0.4) is 0 Å². The maximum atomic E-state index is 11.3. The average Bonchev–Trinajstić information content (AvgIpc) is 2.74. The van der Waals surface area contributed by atoms with Crippen LogP contribution in [-0.4, -0.2) is 36.4 Å². The monoisotopic (exact) mass is 409 g/mol. The van der Waals surface area contributed by atoms with Crippen molar-refractivity contribution in [2.24, 2.45) is 0 Å². The third kappa shape index (κ3) is 4.82. The van der Waals surface area contributed by atoms with E-state index in [0.717, 1.165) is 34.2 Å². The lowest BCUT2D eigenvalue weighted by atomic mass is 9.98. The van der Waals surface area contributed by atoms with Crippen LogP contribution in [0.5, 0.6) is 17.2 Å². The van der Waals surface area contributed by atoms with Crippen LogP contribution in [-0.2, 0) is 17.6 Å². The van der Waals surface area contributed by atoms with Crippen LogP contribution in [0.25, 0.3) is 10.8 Å². The Hall–Kier alpha value is -3.28. The van der Waals surface area contributed by atoms with Gasteiger partial charge in [0, 0.05) is 18.0 Å². The van der Waals surface area contributed by atoms with Crippen molar-refractivity contribution in [3.8, 4) is 17.2 Å². The fourth-order valence-electron chi connectivity index (χ4n) is 3.36. The number of methoxy groups -OCH3 is 2. The lowest BCUT2D eigenvalue weighted by Gasteiger charge is -2.15. The highest BCUT2D eigenvalue weighted by Gasteiger charge is 2.15. The molecule has 6 heteroatoms. The first-order valence-electron chi connectivity index (χ1n) is 9.95. The summed E-state index contributed by atoms with van der Waals surface area (Å²) in [7, 11) is 3.14. The number of benzene rings is 2. The van der Waals surface area contributed by atoms with Crippen LogP contribution in [0.2, 0.25) is 0 Å². The van der Waals surface area contributed by atoms with Gasteiger partial charge in [-0.25, -0.2) is 0 Å². The van der Waals surface area contributed by atoms with Gasteiger partial charge in [0.2, 0.25) is 0 Å². The molecule has 1 N–H and O–H groups in total. The van der Waals surface area contributed by atoms with E-state index in [1.165, 1.54) is 0 Å². The zero-order valence-electron chi connectivity index (χ0n) is 17.8. The molecule has 0 fully saturated rings. The number of nitrogens with zero attached hydrogens (tertiary/aromatic N) is 1. The Morgan fingerprint density at radius 3 is 2.43 bits per heavy atom. The van der Waals surface area contributed by atoms with E-state index in [1.54, 1.807) is 20.4 Å². The molecule has 0 bridgehead atoms. The molecule has 1 aromatic heterocycles. The maximum absolute atomic E-state index is 11.3. The second kappa shape index (κ2) is 9.48. The highest BCUT2D eigenvalue weighted by Crippen LogP contribution is 2.35. The van der Waals surface area contributed by atoms with E-state index in [0.29, 0.717) is 23.5 Å². The molecule has 0 saturated carbocycles. The van der Waals surface area contributed by atoms with E-state index < -0.39 is 5.97 Å². The Morgan fingerprint density at radius 1 is 1.10 bits per heavy atom. The van der Waals surface area contributed by atoms with Crippen molar-refractivity contribution < 1.29 is 24.1 Å². The highest BCUT2D eigenvalue weighted by atomic mass is 16.5. The topological polar surface area (TPSA) is 77.9 Å². The number of carboxylic acids is 1. The summed E-state index contributed by atoms with van der Waals surface area (Å²) in [6.45, 7) is 4.13. The SMILES string of the molecule is CCC(C)Oc1cccc(Cc2ncc(CC(=O)O)c3cc(OC)c(OC)cc23)c1. The van der Waals surface area contributed by atoms with E-state index >= 15 is 0 Å². The molecule has 0 aliphatic carbocycles. The van der Waals surface area contributed by atoms with Gasteiger partial charge in [-0.15, -0.1) is 0 Å². The molecule has 0 aliphatic rings. The molecule has 30 heavy (non-hydrogen) atoms. The van der Waals surface area contributed by atoms with Crippen molar-refractivity contribution in [2.75, 3.05) is 14.2 Å². The number of hydrogen-bond acceptors (Lipinski definition) is 5. The molecule has 0 aliphatic heterocycles. The molecule has 6 nitrogen and oxygen atoms in total. The number of aromatic nitrogens is 1. The van der Waals surface area contributed by atoms with Gasteiger partial charge in [-0.05, 0) is 54.1 Å². The molecule has 2 aromatic carbocycles. The van der Waals surface area contributed by atoms with Crippen LogP contribution >= 0.6 is 0 Å². The molecule has 1 unspecified atom stereocenters. The van der Waals surface area contributed by atoms with Gasteiger partial charge in [-0.3, -0.25) is 9.78 Å². The molecule has 0 amide bonds. The smallest absolute Gasteiger partial charge is 0.307 e. The number of ether oxygens (including phenoxy) is 3. The number of fused-ring (bicyclic) bond motifs is 1. The number of carbonyl (C=O) groups is 1. The van der Waals surface area contributed by atoms with Crippen molar-refractivity contribution >= 4 is 16.7 Å². The lowest BCUT2D eigenvalue weighted by Crippen LogP contribution is -2.09. The zero-order chi connectivity index (χ0) is 21.7. The largest absolute Gasteiger partial charge is 0.493 e. The fourth-order valence-corrected chi connectivity index (χ4v) is 3.36. The van der Waals surface area contributed by atoms with Crippen molar-refractivity contribution in [3.63, 3.8) is 0 Å². The Bertz CT molecular complexity index is 1050. The summed E-state index contributed by atoms with van der Waals surface area (Å²) in [5, 5.41) is 10.9. The molecule has 0 radical (unpaired) electrons. The minimum absolute atomic E-state index is 0.114. The molecule has 1 heterocycles. The number of hydrogen-bond donors (Lipinski definition) is 1. The second-order valence-corrected chi connectivity index (χ2v) is 7.21. The molecular formula is C24H27NO5. The summed E-state index contributed by atoms with van der Waals surface area (Å²) < 4.78 is 16.8. The highest BCUT2D eigenvalue weighted by molar-refractivity contribution is 5.92. The predicted molar refractivity (Wildman–Crippen MR) is 116 cm³/mol. The fraction of sp³-hybridized carbons (Fsp3) is 0.333. The van der Waals surface area contributed by atoms with Crippen molar-refractivity contribution in [1.82, 2.24) is 4.98 Å². The number of aliphatic carboxylic acids is 1. The first-order chi connectivity index (χ1) is 14.4. The van der Waals surface area contributed by atoms with Gasteiger partial charge in [0.15, 0.2) is 11.5 Å². The van der Waals surface area contributed by atoms with Gasteiger partial charge < -0.3 is 19.3 Å². The summed E-state index contributed by atoms with van der Waals surface area (Å²) in [4.78, 5) is 15.9. The minimum atomic E-state index is -0.907.